The van der Waals surface area contributed by atoms with Crippen LogP contribution in [0.15, 0.2) is 24.3 Å². The van der Waals surface area contributed by atoms with Crippen LogP contribution in [0.25, 0.3) is 0 Å². The molecule has 3 nitrogen and oxygen atoms in total. The summed E-state index contributed by atoms with van der Waals surface area (Å²) in [5.74, 6) is 0.888. The summed E-state index contributed by atoms with van der Waals surface area (Å²) in [5.41, 5.74) is 6.71. The van der Waals surface area contributed by atoms with E-state index in [1.54, 1.807) is 7.11 Å². The summed E-state index contributed by atoms with van der Waals surface area (Å²) in [6.45, 7) is 2.89. The van der Waals surface area contributed by atoms with E-state index in [0.29, 0.717) is 6.04 Å². The van der Waals surface area contributed by atoms with Crippen LogP contribution in [0.1, 0.15) is 13.3 Å². The monoisotopic (exact) mass is 208 g/mol. The Morgan fingerprint density at radius 2 is 2.20 bits per heavy atom. The molecule has 0 bridgehead atoms. The first-order valence-corrected chi connectivity index (χ1v) is 5.26. The van der Waals surface area contributed by atoms with Crippen molar-refractivity contribution in [1.29, 1.82) is 0 Å². The van der Waals surface area contributed by atoms with Gasteiger partial charge in [-0.25, -0.2) is 0 Å². The highest BCUT2D eigenvalue weighted by molar-refractivity contribution is 5.50. The lowest BCUT2D eigenvalue weighted by molar-refractivity contribution is 0.414. The minimum Gasteiger partial charge on any atom is -0.497 e. The Balaban J connectivity index is 2.76. The number of nitrogens with zero attached hydrogens (tertiary/aromatic N) is 1. The van der Waals surface area contributed by atoms with Crippen LogP contribution in [0.2, 0.25) is 0 Å². The molecule has 15 heavy (non-hydrogen) atoms. The maximum atomic E-state index is 5.55. The summed E-state index contributed by atoms with van der Waals surface area (Å²) in [6, 6.07) is 8.51. The molecule has 0 aliphatic heterocycles. The largest absolute Gasteiger partial charge is 0.497 e. The lowest BCUT2D eigenvalue weighted by atomic mass is 10.2. The molecule has 1 atom stereocenters. The number of rotatable bonds is 5. The van der Waals surface area contributed by atoms with Gasteiger partial charge in [-0.05, 0) is 32.0 Å². The van der Waals surface area contributed by atoms with Crippen molar-refractivity contribution >= 4 is 5.69 Å². The Morgan fingerprint density at radius 3 is 2.80 bits per heavy atom. The molecule has 2 N–H and O–H groups in total. The highest BCUT2D eigenvalue weighted by Gasteiger charge is 2.09. The fourth-order valence-corrected chi connectivity index (χ4v) is 1.52. The van der Waals surface area contributed by atoms with Gasteiger partial charge >= 0.3 is 0 Å². The average Bonchev–Trinajstić information content (AvgIpc) is 2.28. The first-order valence-electron chi connectivity index (χ1n) is 5.26. The Kier molecular flexibility index (Phi) is 4.43. The highest BCUT2D eigenvalue weighted by atomic mass is 16.5. The molecule has 0 radical (unpaired) electrons. The number of methoxy groups -OCH3 is 1. The minimum atomic E-state index is 0.446. The summed E-state index contributed by atoms with van der Waals surface area (Å²) < 4.78 is 5.19. The molecule has 0 aliphatic rings. The van der Waals surface area contributed by atoms with E-state index in [-0.39, 0.29) is 0 Å². The van der Waals surface area contributed by atoms with Crippen molar-refractivity contribution in [2.24, 2.45) is 5.73 Å². The Bertz CT molecular complexity index is 301. The number of ether oxygens (including phenoxy) is 1. The standard InChI is InChI=1S/C12H20N2O/c1-10(7-8-13)14(2)11-5-4-6-12(9-11)15-3/h4-6,9-10H,7-8,13H2,1-3H3. The topological polar surface area (TPSA) is 38.5 Å². The predicted molar refractivity (Wildman–Crippen MR) is 64.5 cm³/mol. The second kappa shape index (κ2) is 5.61. The fourth-order valence-electron chi connectivity index (χ4n) is 1.52. The molecule has 0 fully saturated rings. The van der Waals surface area contributed by atoms with Crippen LogP contribution in [-0.2, 0) is 0 Å². The zero-order valence-corrected chi connectivity index (χ0v) is 9.73. The van der Waals surface area contributed by atoms with Crippen molar-refractivity contribution < 1.29 is 4.74 Å². The first kappa shape index (κ1) is 11.9. The van der Waals surface area contributed by atoms with Crippen LogP contribution in [0.4, 0.5) is 5.69 Å². The second-order valence-electron chi connectivity index (χ2n) is 3.74. The number of anilines is 1. The SMILES string of the molecule is COc1cccc(N(C)C(C)CCN)c1. The maximum Gasteiger partial charge on any atom is 0.120 e. The van der Waals surface area contributed by atoms with Gasteiger partial charge in [0.15, 0.2) is 0 Å². The van der Waals surface area contributed by atoms with Gasteiger partial charge in [0.25, 0.3) is 0 Å². The van der Waals surface area contributed by atoms with Crippen molar-refractivity contribution in [2.45, 2.75) is 19.4 Å². The third-order valence-corrected chi connectivity index (χ3v) is 2.71. The van der Waals surface area contributed by atoms with Crippen LogP contribution in [-0.4, -0.2) is 26.7 Å². The zero-order valence-electron chi connectivity index (χ0n) is 9.73. The van der Waals surface area contributed by atoms with Gasteiger partial charge in [-0.15, -0.1) is 0 Å². The summed E-state index contributed by atoms with van der Waals surface area (Å²) in [6.07, 6.45) is 0.994. The molecule has 0 aromatic heterocycles. The first-order chi connectivity index (χ1) is 7.19. The van der Waals surface area contributed by atoms with Gasteiger partial charge < -0.3 is 15.4 Å². The molecule has 3 heteroatoms. The number of nitrogens with two attached hydrogens (primary N) is 1. The van der Waals surface area contributed by atoms with E-state index in [4.69, 9.17) is 10.5 Å². The molecule has 1 aromatic carbocycles. The molecule has 1 unspecified atom stereocenters. The maximum absolute atomic E-state index is 5.55. The molecule has 1 aromatic rings. The van der Waals surface area contributed by atoms with Gasteiger partial charge in [-0.1, -0.05) is 6.07 Å². The summed E-state index contributed by atoms with van der Waals surface area (Å²) in [5, 5.41) is 0. The molecule has 0 amide bonds. The van der Waals surface area contributed by atoms with Gasteiger partial charge in [-0.3, -0.25) is 0 Å². The van der Waals surface area contributed by atoms with Crippen molar-refractivity contribution in [2.75, 3.05) is 25.6 Å². The van der Waals surface area contributed by atoms with Gasteiger partial charge in [0.05, 0.1) is 7.11 Å². The second-order valence-corrected chi connectivity index (χ2v) is 3.74. The van der Waals surface area contributed by atoms with Gasteiger partial charge in [0, 0.05) is 24.8 Å². The normalized spacial score (nSPS) is 12.3. The summed E-state index contributed by atoms with van der Waals surface area (Å²) in [7, 11) is 3.76. The predicted octanol–water partition coefficient (Wildman–Crippen LogP) is 1.87. The molecular weight excluding hydrogens is 188 g/mol. The van der Waals surface area contributed by atoms with E-state index in [2.05, 4.69) is 24.9 Å². The molecule has 1 rings (SSSR count). The van der Waals surface area contributed by atoms with Gasteiger partial charge in [0.1, 0.15) is 5.75 Å². The third kappa shape index (κ3) is 3.13. The van der Waals surface area contributed by atoms with Crippen LogP contribution in [0, 0.1) is 0 Å². The van der Waals surface area contributed by atoms with E-state index in [0.717, 1.165) is 24.4 Å². The Hall–Kier alpha value is -1.22. The van der Waals surface area contributed by atoms with Crippen molar-refractivity contribution in [3.8, 4) is 5.75 Å². The molecule has 0 saturated heterocycles. The molecular formula is C12H20N2O. The van der Waals surface area contributed by atoms with E-state index < -0.39 is 0 Å². The molecule has 84 valence electrons. The van der Waals surface area contributed by atoms with Crippen LogP contribution >= 0.6 is 0 Å². The Morgan fingerprint density at radius 1 is 1.47 bits per heavy atom. The third-order valence-electron chi connectivity index (χ3n) is 2.71. The quantitative estimate of drug-likeness (QED) is 0.802. The van der Waals surface area contributed by atoms with E-state index in [1.807, 2.05) is 18.2 Å². The lowest BCUT2D eigenvalue weighted by Crippen LogP contribution is -2.30. The van der Waals surface area contributed by atoms with Crippen LogP contribution < -0.4 is 15.4 Å². The number of hydrogen-bond acceptors (Lipinski definition) is 3. The average molecular weight is 208 g/mol. The molecule has 0 spiro atoms. The van der Waals surface area contributed by atoms with E-state index >= 15 is 0 Å². The van der Waals surface area contributed by atoms with E-state index in [9.17, 15) is 0 Å². The Labute approximate surface area is 91.8 Å². The molecule has 0 aliphatic carbocycles. The van der Waals surface area contributed by atoms with Gasteiger partial charge in [-0.2, -0.15) is 0 Å². The minimum absolute atomic E-state index is 0.446. The number of benzene rings is 1. The molecule has 0 heterocycles. The van der Waals surface area contributed by atoms with Crippen molar-refractivity contribution in [3.05, 3.63) is 24.3 Å². The lowest BCUT2D eigenvalue weighted by Gasteiger charge is -2.26. The number of hydrogen-bond donors (Lipinski definition) is 1. The fraction of sp³-hybridized carbons (Fsp3) is 0.500. The molecule has 0 saturated carbocycles. The van der Waals surface area contributed by atoms with Crippen molar-refractivity contribution in [3.63, 3.8) is 0 Å². The summed E-state index contributed by atoms with van der Waals surface area (Å²) in [4.78, 5) is 2.22. The zero-order chi connectivity index (χ0) is 11.3. The van der Waals surface area contributed by atoms with Crippen molar-refractivity contribution in [1.82, 2.24) is 0 Å². The summed E-state index contributed by atoms with van der Waals surface area (Å²) >= 11 is 0. The smallest absolute Gasteiger partial charge is 0.120 e. The van der Waals surface area contributed by atoms with Crippen LogP contribution in [0.5, 0.6) is 5.75 Å². The van der Waals surface area contributed by atoms with E-state index in [1.165, 1.54) is 0 Å². The highest BCUT2D eigenvalue weighted by Crippen LogP contribution is 2.21. The van der Waals surface area contributed by atoms with Gasteiger partial charge in [0.2, 0.25) is 0 Å². The van der Waals surface area contributed by atoms with Crippen LogP contribution in [0.3, 0.4) is 0 Å².